The summed E-state index contributed by atoms with van der Waals surface area (Å²) in [6, 6.07) is 3.50. The Hall–Kier alpha value is -1.04. The molecule has 2 rings (SSSR count). The summed E-state index contributed by atoms with van der Waals surface area (Å²) in [6.07, 6.45) is 1.90. The monoisotopic (exact) mass is 284 g/mol. The van der Waals surface area contributed by atoms with Crippen LogP contribution in [0.25, 0.3) is 0 Å². The maximum absolute atomic E-state index is 13.2. The molecular formula is C15H22F2N2O. The van der Waals surface area contributed by atoms with Gasteiger partial charge in [0, 0.05) is 31.3 Å². The van der Waals surface area contributed by atoms with Crippen molar-refractivity contribution in [3.05, 3.63) is 35.4 Å². The summed E-state index contributed by atoms with van der Waals surface area (Å²) >= 11 is 0. The van der Waals surface area contributed by atoms with Gasteiger partial charge in [0.15, 0.2) is 0 Å². The molecule has 20 heavy (non-hydrogen) atoms. The van der Waals surface area contributed by atoms with Crippen molar-refractivity contribution < 1.29 is 13.5 Å². The minimum Gasteiger partial charge on any atom is -0.377 e. The summed E-state index contributed by atoms with van der Waals surface area (Å²) in [6.45, 7) is 3.63. The van der Waals surface area contributed by atoms with Crippen LogP contribution in [0.4, 0.5) is 8.78 Å². The molecule has 0 amide bonds. The van der Waals surface area contributed by atoms with Crippen LogP contribution in [0, 0.1) is 11.6 Å². The highest BCUT2D eigenvalue weighted by molar-refractivity contribution is 5.21. The average molecular weight is 284 g/mol. The van der Waals surface area contributed by atoms with Crippen LogP contribution in [-0.4, -0.2) is 37.2 Å². The molecule has 112 valence electrons. The van der Waals surface area contributed by atoms with Gasteiger partial charge in [0.1, 0.15) is 11.6 Å². The second-order valence-electron chi connectivity index (χ2n) is 5.51. The van der Waals surface area contributed by atoms with Gasteiger partial charge in [-0.2, -0.15) is 0 Å². The third-order valence-corrected chi connectivity index (χ3v) is 4.01. The molecule has 0 saturated carbocycles. The Bertz CT molecular complexity index is 435. The van der Waals surface area contributed by atoms with Crippen LogP contribution >= 0.6 is 0 Å². The van der Waals surface area contributed by atoms with Crippen LogP contribution in [0.5, 0.6) is 0 Å². The number of ether oxygens (including phenoxy) is 1. The second kappa shape index (κ2) is 6.61. The predicted molar refractivity (Wildman–Crippen MR) is 74.4 cm³/mol. The van der Waals surface area contributed by atoms with Crippen LogP contribution in [0.15, 0.2) is 18.2 Å². The molecule has 0 aliphatic carbocycles. The first-order valence-electron chi connectivity index (χ1n) is 7.01. The van der Waals surface area contributed by atoms with Gasteiger partial charge < -0.3 is 15.4 Å². The number of benzene rings is 1. The van der Waals surface area contributed by atoms with Crippen molar-refractivity contribution in [2.75, 3.05) is 20.2 Å². The minimum absolute atomic E-state index is 0.225. The number of nitrogens with two attached hydrogens (primary N) is 1. The first-order valence-corrected chi connectivity index (χ1v) is 7.01. The van der Waals surface area contributed by atoms with E-state index in [1.807, 2.05) is 7.05 Å². The van der Waals surface area contributed by atoms with Crippen molar-refractivity contribution in [1.29, 1.82) is 0 Å². The maximum atomic E-state index is 13.2. The number of nitrogens with zero attached hydrogens (tertiary/aromatic N) is 1. The van der Waals surface area contributed by atoms with Gasteiger partial charge in [-0.05, 0) is 44.5 Å². The highest BCUT2D eigenvalue weighted by Crippen LogP contribution is 2.21. The van der Waals surface area contributed by atoms with Gasteiger partial charge in [0.25, 0.3) is 0 Å². The van der Waals surface area contributed by atoms with Gasteiger partial charge in [-0.25, -0.2) is 8.78 Å². The Morgan fingerprint density at radius 2 is 2.00 bits per heavy atom. The number of halogens is 2. The SMILES string of the molecule is CC1OCCC1N(C)CCC(N)c1cc(F)cc(F)c1. The molecule has 1 aromatic rings. The Balaban J connectivity index is 1.89. The van der Waals surface area contributed by atoms with Crippen LogP contribution in [0.1, 0.15) is 31.4 Å². The molecule has 1 fully saturated rings. The third kappa shape index (κ3) is 3.75. The molecule has 1 heterocycles. The Kier molecular flexibility index (Phi) is 5.07. The van der Waals surface area contributed by atoms with Gasteiger partial charge in [-0.3, -0.25) is 0 Å². The second-order valence-corrected chi connectivity index (χ2v) is 5.51. The fourth-order valence-electron chi connectivity index (χ4n) is 2.76. The molecule has 0 radical (unpaired) electrons. The molecule has 3 nitrogen and oxygen atoms in total. The molecular weight excluding hydrogens is 262 g/mol. The highest BCUT2D eigenvalue weighted by atomic mass is 19.1. The Labute approximate surface area is 118 Å². The van der Waals surface area contributed by atoms with Crippen molar-refractivity contribution in [3.8, 4) is 0 Å². The van der Waals surface area contributed by atoms with E-state index in [0.29, 0.717) is 18.0 Å². The fourth-order valence-corrected chi connectivity index (χ4v) is 2.76. The first-order chi connectivity index (χ1) is 9.47. The van der Waals surface area contributed by atoms with Crippen LogP contribution in [-0.2, 0) is 4.74 Å². The predicted octanol–water partition coefficient (Wildman–Crippen LogP) is 2.46. The summed E-state index contributed by atoms with van der Waals surface area (Å²) in [5.41, 5.74) is 6.53. The maximum Gasteiger partial charge on any atom is 0.126 e. The number of hydrogen-bond donors (Lipinski definition) is 1. The summed E-state index contributed by atoms with van der Waals surface area (Å²) in [4.78, 5) is 2.22. The molecule has 1 aliphatic rings. The van der Waals surface area contributed by atoms with Crippen molar-refractivity contribution >= 4 is 0 Å². The lowest BCUT2D eigenvalue weighted by Crippen LogP contribution is -2.38. The molecule has 3 atom stereocenters. The third-order valence-electron chi connectivity index (χ3n) is 4.01. The summed E-state index contributed by atoms with van der Waals surface area (Å²) in [7, 11) is 2.04. The van der Waals surface area contributed by atoms with Crippen LogP contribution in [0.3, 0.4) is 0 Å². The van der Waals surface area contributed by atoms with E-state index in [2.05, 4.69) is 11.8 Å². The lowest BCUT2D eigenvalue weighted by atomic mass is 10.0. The standard InChI is InChI=1S/C15H22F2N2O/c1-10-15(4-6-20-10)19(2)5-3-14(18)11-7-12(16)9-13(17)8-11/h7-10,14-15H,3-6,18H2,1-2H3. The Morgan fingerprint density at radius 3 is 2.55 bits per heavy atom. The number of hydrogen-bond acceptors (Lipinski definition) is 3. The molecule has 0 aromatic heterocycles. The summed E-state index contributed by atoms with van der Waals surface area (Å²) in [5, 5.41) is 0. The first kappa shape index (κ1) is 15.4. The smallest absolute Gasteiger partial charge is 0.126 e. The Morgan fingerprint density at radius 1 is 1.35 bits per heavy atom. The topological polar surface area (TPSA) is 38.5 Å². The van der Waals surface area contributed by atoms with Crippen molar-refractivity contribution in [2.45, 2.75) is 38.0 Å². The lowest BCUT2D eigenvalue weighted by molar-refractivity contribution is 0.0827. The summed E-state index contributed by atoms with van der Waals surface area (Å²) < 4.78 is 31.9. The van der Waals surface area contributed by atoms with Crippen molar-refractivity contribution in [1.82, 2.24) is 4.90 Å². The van der Waals surface area contributed by atoms with Crippen LogP contribution in [0.2, 0.25) is 0 Å². The van der Waals surface area contributed by atoms with E-state index in [4.69, 9.17) is 10.5 Å². The summed E-state index contributed by atoms with van der Waals surface area (Å²) in [5.74, 6) is -1.16. The van der Waals surface area contributed by atoms with Crippen molar-refractivity contribution in [3.63, 3.8) is 0 Å². The number of likely N-dealkylation sites (N-methyl/N-ethyl adjacent to an activating group) is 1. The minimum atomic E-state index is -0.582. The molecule has 2 N–H and O–H groups in total. The average Bonchev–Trinajstić information content (AvgIpc) is 2.80. The van der Waals surface area contributed by atoms with Gasteiger partial charge in [-0.1, -0.05) is 0 Å². The van der Waals surface area contributed by atoms with E-state index in [1.54, 1.807) is 0 Å². The lowest BCUT2D eigenvalue weighted by Gasteiger charge is -2.27. The molecule has 1 saturated heterocycles. The van der Waals surface area contributed by atoms with E-state index in [1.165, 1.54) is 12.1 Å². The van der Waals surface area contributed by atoms with E-state index in [0.717, 1.165) is 25.6 Å². The molecule has 1 aliphatic heterocycles. The molecule has 0 spiro atoms. The van der Waals surface area contributed by atoms with Crippen LogP contribution < -0.4 is 5.73 Å². The molecule has 1 aromatic carbocycles. The zero-order valence-electron chi connectivity index (χ0n) is 12.0. The van der Waals surface area contributed by atoms with Gasteiger partial charge in [0.2, 0.25) is 0 Å². The van der Waals surface area contributed by atoms with Gasteiger partial charge in [-0.15, -0.1) is 0 Å². The van der Waals surface area contributed by atoms with Gasteiger partial charge in [0.05, 0.1) is 6.10 Å². The largest absolute Gasteiger partial charge is 0.377 e. The molecule has 3 unspecified atom stereocenters. The zero-order chi connectivity index (χ0) is 14.7. The van der Waals surface area contributed by atoms with E-state index in [9.17, 15) is 8.78 Å². The normalized spacial score (nSPS) is 24.3. The van der Waals surface area contributed by atoms with Gasteiger partial charge >= 0.3 is 0 Å². The van der Waals surface area contributed by atoms with Crippen molar-refractivity contribution in [2.24, 2.45) is 5.73 Å². The van der Waals surface area contributed by atoms with E-state index in [-0.39, 0.29) is 12.1 Å². The molecule has 0 bridgehead atoms. The highest BCUT2D eigenvalue weighted by Gasteiger charge is 2.27. The fraction of sp³-hybridized carbons (Fsp3) is 0.600. The molecule has 5 heteroatoms. The van der Waals surface area contributed by atoms with E-state index >= 15 is 0 Å². The van der Waals surface area contributed by atoms with E-state index < -0.39 is 11.6 Å². The quantitative estimate of drug-likeness (QED) is 0.902. The number of rotatable bonds is 5. The zero-order valence-corrected chi connectivity index (χ0v) is 12.0.